The zero-order chi connectivity index (χ0) is 18.4. The molecule has 0 aliphatic heterocycles. The lowest BCUT2D eigenvalue weighted by molar-refractivity contribution is -0.121. The number of hydrogen-bond acceptors (Lipinski definition) is 3. The molecule has 0 atom stereocenters. The predicted octanol–water partition coefficient (Wildman–Crippen LogP) is 2.63. The maximum atomic E-state index is 11.9. The number of imidazole rings is 1. The van der Waals surface area contributed by atoms with Gasteiger partial charge in [-0.3, -0.25) is 4.79 Å². The second kappa shape index (κ2) is 8.89. The summed E-state index contributed by atoms with van der Waals surface area (Å²) in [7, 11) is 0. The Balaban J connectivity index is 1.35. The third-order valence-corrected chi connectivity index (χ3v) is 4.73. The minimum atomic E-state index is -0.193. The van der Waals surface area contributed by atoms with Crippen LogP contribution in [0.3, 0.4) is 0 Å². The summed E-state index contributed by atoms with van der Waals surface area (Å²) in [6.07, 6.45) is 9.50. The van der Waals surface area contributed by atoms with Crippen LogP contribution in [0.4, 0.5) is 4.79 Å². The first kappa shape index (κ1) is 18.5. The molecular weight excluding hydrogens is 354 g/mol. The maximum absolute atomic E-state index is 11.9. The summed E-state index contributed by atoms with van der Waals surface area (Å²) in [5, 5.41) is 9.14. The molecule has 140 valence electrons. The summed E-state index contributed by atoms with van der Waals surface area (Å²) in [5.41, 5.74) is 1.53. The maximum Gasteiger partial charge on any atom is 0.315 e. The summed E-state index contributed by atoms with van der Waals surface area (Å²) in [6, 6.07) is 3.67. The molecule has 1 aliphatic rings. The molecule has 0 unspecified atom stereocenters. The van der Waals surface area contributed by atoms with Gasteiger partial charge in [-0.05, 0) is 25.0 Å². The predicted molar refractivity (Wildman–Crippen MR) is 100 cm³/mol. The van der Waals surface area contributed by atoms with E-state index in [1.807, 2.05) is 16.7 Å². The van der Waals surface area contributed by atoms with Crippen LogP contribution in [0.15, 0.2) is 24.5 Å². The van der Waals surface area contributed by atoms with Gasteiger partial charge in [0, 0.05) is 31.4 Å². The van der Waals surface area contributed by atoms with E-state index in [0.29, 0.717) is 18.1 Å². The smallest absolute Gasteiger partial charge is 0.315 e. The summed E-state index contributed by atoms with van der Waals surface area (Å²) in [6.45, 7) is 0.650. The first-order valence-electron chi connectivity index (χ1n) is 9.04. The molecule has 2 aromatic rings. The van der Waals surface area contributed by atoms with E-state index in [1.54, 1.807) is 12.3 Å². The molecule has 0 saturated heterocycles. The van der Waals surface area contributed by atoms with E-state index in [1.165, 1.54) is 19.3 Å². The first-order valence-corrected chi connectivity index (χ1v) is 9.42. The zero-order valence-electron chi connectivity index (χ0n) is 14.6. The number of halogens is 1. The van der Waals surface area contributed by atoms with Crippen LogP contribution in [0.5, 0.6) is 0 Å². The minimum Gasteiger partial charge on any atom is -0.350 e. The molecular formula is C18H24ClN5O2. The topological polar surface area (TPSA) is 87.5 Å². The summed E-state index contributed by atoms with van der Waals surface area (Å²) in [5.74, 6) is -0.127. The quantitative estimate of drug-likeness (QED) is 0.723. The van der Waals surface area contributed by atoms with Gasteiger partial charge < -0.3 is 20.4 Å². The number of nitrogens with one attached hydrogen (secondary N) is 3. The molecule has 0 bridgehead atoms. The second-order valence-corrected chi connectivity index (χ2v) is 7.04. The number of aromatic nitrogens is 2. The average molecular weight is 378 g/mol. The Labute approximate surface area is 157 Å². The van der Waals surface area contributed by atoms with Crippen molar-refractivity contribution in [2.75, 3.05) is 6.54 Å². The molecule has 0 spiro atoms. The fourth-order valence-electron chi connectivity index (χ4n) is 3.15. The van der Waals surface area contributed by atoms with Crippen LogP contribution < -0.4 is 16.0 Å². The highest BCUT2D eigenvalue weighted by Gasteiger charge is 2.15. The highest BCUT2D eigenvalue weighted by atomic mass is 35.5. The van der Waals surface area contributed by atoms with Crippen LogP contribution in [-0.2, 0) is 11.3 Å². The molecule has 3 N–H and O–H groups in total. The van der Waals surface area contributed by atoms with Crippen LogP contribution in [0.25, 0.3) is 5.65 Å². The molecule has 7 nitrogen and oxygen atoms in total. The number of fused-ring (bicyclic) bond motifs is 1. The second-order valence-electron chi connectivity index (χ2n) is 6.61. The van der Waals surface area contributed by atoms with Crippen LogP contribution in [0, 0.1) is 0 Å². The number of carbonyl (C=O) groups excluding carboxylic acids is 2. The monoisotopic (exact) mass is 377 g/mol. The molecule has 1 aliphatic carbocycles. The van der Waals surface area contributed by atoms with E-state index in [2.05, 4.69) is 20.9 Å². The van der Waals surface area contributed by atoms with Gasteiger partial charge in [0.15, 0.2) is 0 Å². The Morgan fingerprint density at radius 2 is 1.96 bits per heavy atom. The number of carbonyl (C=O) groups is 2. The molecule has 1 saturated carbocycles. The van der Waals surface area contributed by atoms with Crippen LogP contribution >= 0.6 is 11.6 Å². The molecule has 2 aromatic heterocycles. The fourth-order valence-corrected chi connectivity index (χ4v) is 3.32. The first-order chi connectivity index (χ1) is 12.6. The molecule has 0 radical (unpaired) electrons. The van der Waals surface area contributed by atoms with E-state index < -0.39 is 0 Å². The summed E-state index contributed by atoms with van der Waals surface area (Å²) >= 11 is 5.94. The van der Waals surface area contributed by atoms with E-state index in [4.69, 9.17) is 11.6 Å². The number of amides is 3. The third kappa shape index (κ3) is 5.36. The van der Waals surface area contributed by atoms with Gasteiger partial charge >= 0.3 is 6.03 Å². The molecule has 26 heavy (non-hydrogen) atoms. The lowest BCUT2D eigenvalue weighted by Crippen LogP contribution is -2.43. The van der Waals surface area contributed by atoms with Crippen molar-refractivity contribution in [1.82, 2.24) is 25.3 Å². The van der Waals surface area contributed by atoms with Crippen LogP contribution in [0.1, 0.15) is 44.2 Å². The Hall–Kier alpha value is -2.28. The molecule has 0 aromatic carbocycles. The van der Waals surface area contributed by atoms with Crippen molar-refractivity contribution in [2.24, 2.45) is 0 Å². The third-order valence-electron chi connectivity index (χ3n) is 4.51. The fraction of sp³-hybridized carbons (Fsp3) is 0.500. The highest BCUT2D eigenvalue weighted by Crippen LogP contribution is 2.17. The van der Waals surface area contributed by atoms with Crippen LogP contribution in [-0.4, -0.2) is 33.9 Å². The SMILES string of the molecule is O=C(CCNC(=O)NC1CCCCC1)NCc1cn2cc(Cl)ccc2n1. The van der Waals surface area contributed by atoms with Crippen molar-refractivity contribution < 1.29 is 9.59 Å². The van der Waals surface area contributed by atoms with Crippen molar-refractivity contribution in [3.8, 4) is 0 Å². The van der Waals surface area contributed by atoms with Crippen molar-refractivity contribution >= 4 is 29.2 Å². The van der Waals surface area contributed by atoms with Gasteiger partial charge in [-0.1, -0.05) is 30.9 Å². The minimum absolute atomic E-state index is 0.127. The number of rotatable bonds is 6. The van der Waals surface area contributed by atoms with E-state index in [9.17, 15) is 9.59 Å². The van der Waals surface area contributed by atoms with Gasteiger partial charge in [-0.2, -0.15) is 0 Å². The number of hydrogen-bond donors (Lipinski definition) is 3. The van der Waals surface area contributed by atoms with Gasteiger partial charge in [0.05, 0.1) is 17.3 Å². The van der Waals surface area contributed by atoms with Crippen molar-refractivity contribution in [3.05, 3.63) is 35.2 Å². The van der Waals surface area contributed by atoms with Gasteiger partial charge in [-0.15, -0.1) is 0 Å². The molecule has 2 heterocycles. The lowest BCUT2D eigenvalue weighted by atomic mass is 9.96. The van der Waals surface area contributed by atoms with Crippen molar-refractivity contribution in [3.63, 3.8) is 0 Å². The van der Waals surface area contributed by atoms with Crippen LogP contribution in [0.2, 0.25) is 5.02 Å². The largest absolute Gasteiger partial charge is 0.350 e. The van der Waals surface area contributed by atoms with E-state index in [0.717, 1.165) is 24.2 Å². The zero-order valence-corrected chi connectivity index (χ0v) is 15.4. The number of urea groups is 1. The lowest BCUT2D eigenvalue weighted by Gasteiger charge is -2.22. The molecule has 3 amide bonds. The average Bonchev–Trinajstić information content (AvgIpc) is 3.03. The molecule has 1 fully saturated rings. The molecule has 8 heteroatoms. The number of pyridine rings is 1. The summed E-state index contributed by atoms with van der Waals surface area (Å²) < 4.78 is 1.82. The standard InChI is InChI=1S/C18H24ClN5O2/c19-13-6-7-16-22-15(12-24(16)11-13)10-21-17(25)8-9-20-18(26)23-14-4-2-1-3-5-14/h6-7,11-12,14H,1-5,8-10H2,(H,21,25)(H2,20,23,26). The van der Waals surface area contributed by atoms with Gasteiger partial charge in [0.25, 0.3) is 0 Å². The van der Waals surface area contributed by atoms with Crippen molar-refractivity contribution in [1.29, 1.82) is 0 Å². The van der Waals surface area contributed by atoms with Gasteiger partial charge in [-0.25, -0.2) is 9.78 Å². The van der Waals surface area contributed by atoms with Gasteiger partial charge in [0.2, 0.25) is 5.91 Å². The van der Waals surface area contributed by atoms with Gasteiger partial charge in [0.1, 0.15) is 5.65 Å². The Morgan fingerprint density at radius 1 is 1.15 bits per heavy atom. The van der Waals surface area contributed by atoms with E-state index in [-0.39, 0.29) is 24.4 Å². The Kier molecular flexibility index (Phi) is 6.33. The molecule has 3 rings (SSSR count). The Bertz CT molecular complexity index is 770. The number of nitrogens with zero attached hydrogens (tertiary/aromatic N) is 2. The Morgan fingerprint density at radius 3 is 2.77 bits per heavy atom. The highest BCUT2D eigenvalue weighted by molar-refractivity contribution is 6.30. The van der Waals surface area contributed by atoms with E-state index >= 15 is 0 Å². The normalized spacial score (nSPS) is 15.0. The van der Waals surface area contributed by atoms with Crippen molar-refractivity contribution in [2.45, 2.75) is 51.1 Å². The summed E-state index contributed by atoms with van der Waals surface area (Å²) in [4.78, 5) is 28.1.